The van der Waals surface area contributed by atoms with Gasteiger partial charge in [0.1, 0.15) is 0 Å². The van der Waals surface area contributed by atoms with Crippen LogP contribution in [0, 0.1) is 28.6 Å². The monoisotopic (exact) mass is 375 g/mol. The Labute approximate surface area is 169 Å². The topological polar surface area (TPSA) is 33.0 Å². The van der Waals surface area contributed by atoms with Crippen molar-refractivity contribution in [2.45, 2.75) is 129 Å². The largest absolute Gasteiger partial charge is 0.377 e. The lowest BCUT2D eigenvalue weighted by Gasteiger charge is -2.37. The van der Waals surface area contributed by atoms with Crippen molar-refractivity contribution in [1.29, 1.82) is 5.26 Å². The van der Waals surface area contributed by atoms with Gasteiger partial charge in [0.05, 0.1) is 24.2 Å². The Hall–Kier alpha value is -0.550. The van der Waals surface area contributed by atoms with Crippen molar-refractivity contribution < 1.29 is 4.74 Å². The van der Waals surface area contributed by atoms with E-state index in [1.54, 1.807) is 0 Å². The molecule has 0 heterocycles. The summed E-state index contributed by atoms with van der Waals surface area (Å²) in [6, 6.07) is 2.67. The number of hydrogen-bond acceptors (Lipinski definition) is 2. The van der Waals surface area contributed by atoms with Gasteiger partial charge in [-0.05, 0) is 63.2 Å². The van der Waals surface area contributed by atoms with Crippen LogP contribution in [0.4, 0.5) is 0 Å². The van der Waals surface area contributed by atoms with Crippen LogP contribution < -0.4 is 0 Å². The van der Waals surface area contributed by atoms with Crippen LogP contribution in [0.1, 0.15) is 123 Å². The van der Waals surface area contributed by atoms with Crippen LogP contribution in [0.2, 0.25) is 0 Å². The Bertz CT molecular complexity index is 411. The van der Waals surface area contributed by atoms with Gasteiger partial charge in [0.25, 0.3) is 0 Å². The van der Waals surface area contributed by atoms with Crippen molar-refractivity contribution >= 4 is 0 Å². The first-order chi connectivity index (χ1) is 13.2. The van der Waals surface area contributed by atoms with E-state index in [4.69, 9.17) is 4.74 Å². The van der Waals surface area contributed by atoms with Gasteiger partial charge in [-0.15, -0.1) is 0 Å². The van der Waals surface area contributed by atoms with E-state index in [9.17, 15) is 5.26 Å². The van der Waals surface area contributed by atoms with E-state index >= 15 is 0 Å². The number of nitriles is 1. The molecule has 2 saturated carbocycles. The summed E-state index contributed by atoms with van der Waals surface area (Å²) in [5, 5.41) is 9.82. The molecule has 0 amide bonds. The summed E-state index contributed by atoms with van der Waals surface area (Å²) >= 11 is 0. The zero-order chi connectivity index (χ0) is 19.4. The van der Waals surface area contributed by atoms with E-state index in [1.165, 1.54) is 96.3 Å². The fraction of sp³-hybridized carbons (Fsp3) is 0.960. The number of rotatable bonds is 12. The Morgan fingerprint density at radius 3 is 1.93 bits per heavy atom. The zero-order valence-electron chi connectivity index (χ0n) is 18.3. The minimum atomic E-state index is -0.182. The maximum atomic E-state index is 9.82. The second kappa shape index (κ2) is 12.8. The van der Waals surface area contributed by atoms with E-state index < -0.39 is 0 Å². The number of nitrogens with zero attached hydrogens (tertiary/aromatic N) is 1. The SMILES string of the molecule is CCCCCCC1CCC(OCC2(C#N)CCC(CCCCC)CC2)CC1. The summed E-state index contributed by atoms with van der Waals surface area (Å²) in [5.41, 5.74) is -0.182. The smallest absolute Gasteiger partial charge is 0.0807 e. The highest BCUT2D eigenvalue weighted by molar-refractivity contribution is 5.02. The molecule has 2 aliphatic carbocycles. The van der Waals surface area contributed by atoms with Gasteiger partial charge in [0, 0.05) is 0 Å². The maximum absolute atomic E-state index is 9.82. The molecule has 0 spiro atoms. The van der Waals surface area contributed by atoms with Crippen molar-refractivity contribution in [3.8, 4) is 6.07 Å². The molecule has 0 aromatic heterocycles. The molecule has 156 valence electrons. The van der Waals surface area contributed by atoms with Gasteiger partial charge >= 0.3 is 0 Å². The van der Waals surface area contributed by atoms with E-state index in [-0.39, 0.29) is 5.41 Å². The summed E-state index contributed by atoms with van der Waals surface area (Å²) in [6.45, 7) is 5.26. The highest BCUT2D eigenvalue weighted by atomic mass is 16.5. The lowest BCUT2D eigenvalue weighted by molar-refractivity contribution is -0.0300. The van der Waals surface area contributed by atoms with Gasteiger partial charge < -0.3 is 4.74 Å². The summed E-state index contributed by atoms with van der Waals surface area (Å²) in [4.78, 5) is 0. The third kappa shape index (κ3) is 8.15. The second-order valence-electron chi connectivity index (χ2n) is 9.63. The molecule has 0 atom stereocenters. The predicted octanol–water partition coefficient (Wildman–Crippen LogP) is 7.81. The van der Waals surface area contributed by atoms with Gasteiger partial charge in [-0.25, -0.2) is 0 Å². The standard InChI is InChI=1S/C25H45NO/c1-3-5-7-9-11-22-12-14-24(15-13-22)27-21-25(20-26)18-16-23(17-19-25)10-8-6-4-2/h22-24H,3-19,21H2,1-2H3. The highest BCUT2D eigenvalue weighted by Crippen LogP contribution is 2.41. The normalized spacial score (nSPS) is 31.5. The van der Waals surface area contributed by atoms with Crippen molar-refractivity contribution in [2.24, 2.45) is 17.3 Å². The molecular formula is C25H45NO. The van der Waals surface area contributed by atoms with Crippen LogP contribution in [0.25, 0.3) is 0 Å². The zero-order valence-corrected chi connectivity index (χ0v) is 18.3. The molecule has 0 radical (unpaired) electrons. The van der Waals surface area contributed by atoms with Crippen molar-refractivity contribution in [3.63, 3.8) is 0 Å². The molecule has 2 nitrogen and oxygen atoms in total. The van der Waals surface area contributed by atoms with E-state index in [0.717, 1.165) is 24.7 Å². The third-order valence-corrected chi connectivity index (χ3v) is 7.37. The lowest BCUT2D eigenvalue weighted by atomic mass is 9.70. The molecule has 0 aliphatic heterocycles. The molecule has 0 aromatic carbocycles. The summed E-state index contributed by atoms with van der Waals surface area (Å²) < 4.78 is 6.32. The molecule has 0 aromatic rings. The lowest BCUT2D eigenvalue weighted by Crippen LogP contribution is -2.34. The van der Waals surface area contributed by atoms with Crippen molar-refractivity contribution in [1.82, 2.24) is 0 Å². The molecule has 0 unspecified atom stereocenters. The van der Waals surface area contributed by atoms with Crippen LogP contribution in [0.3, 0.4) is 0 Å². The first-order valence-corrected chi connectivity index (χ1v) is 12.2. The molecular weight excluding hydrogens is 330 g/mol. The highest BCUT2D eigenvalue weighted by Gasteiger charge is 2.36. The molecule has 0 bridgehead atoms. The predicted molar refractivity (Wildman–Crippen MR) is 115 cm³/mol. The van der Waals surface area contributed by atoms with Crippen LogP contribution >= 0.6 is 0 Å². The molecule has 27 heavy (non-hydrogen) atoms. The molecule has 0 N–H and O–H groups in total. The minimum Gasteiger partial charge on any atom is -0.377 e. The Morgan fingerprint density at radius 1 is 0.778 bits per heavy atom. The quantitative estimate of drug-likeness (QED) is 0.326. The summed E-state index contributed by atoms with van der Waals surface area (Å²) in [6.07, 6.45) is 22.6. The second-order valence-corrected chi connectivity index (χ2v) is 9.63. The summed E-state index contributed by atoms with van der Waals surface area (Å²) in [5.74, 6) is 1.80. The average Bonchev–Trinajstić information content (AvgIpc) is 2.72. The first-order valence-electron chi connectivity index (χ1n) is 12.2. The van der Waals surface area contributed by atoms with Crippen LogP contribution in [-0.4, -0.2) is 12.7 Å². The Morgan fingerprint density at radius 2 is 1.33 bits per heavy atom. The molecule has 2 aliphatic rings. The molecule has 0 saturated heterocycles. The fourth-order valence-corrected chi connectivity index (χ4v) is 5.21. The van der Waals surface area contributed by atoms with Crippen LogP contribution in [-0.2, 0) is 4.74 Å². The molecule has 2 heteroatoms. The van der Waals surface area contributed by atoms with Gasteiger partial charge in [0.2, 0.25) is 0 Å². The molecule has 2 fully saturated rings. The number of unbranched alkanes of at least 4 members (excludes halogenated alkanes) is 5. The van der Waals surface area contributed by atoms with E-state index in [2.05, 4.69) is 19.9 Å². The Kier molecular flexibility index (Phi) is 10.8. The summed E-state index contributed by atoms with van der Waals surface area (Å²) in [7, 11) is 0. The third-order valence-electron chi connectivity index (χ3n) is 7.37. The maximum Gasteiger partial charge on any atom is 0.0807 e. The van der Waals surface area contributed by atoms with Gasteiger partial charge in [-0.1, -0.05) is 71.6 Å². The Balaban J connectivity index is 1.62. The van der Waals surface area contributed by atoms with Crippen molar-refractivity contribution in [2.75, 3.05) is 6.61 Å². The fourth-order valence-electron chi connectivity index (χ4n) is 5.21. The van der Waals surface area contributed by atoms with Gasteiger partial charge in [-0.3, -0.25) is 0 Å². The van der Waals surface area contributed by atoms with Crippen LogP contribution in [0.5, 0.6) is 0 Å². The van der Waals surface area contributed by atoms with Crippen LogP contribution in [0.15, 0.2) is 0 Å². The van der Waals surface area contributed by atoms with E-state index in [0.29, 0.717) is 12.7 Å². The van der Waals surface area contributed by atoms with Gasteiger partial charge in [0.15, 0.2) is 0 Å². The van der Waals surface area contributed by atoms with E-state index in [1.807, 2.05) is 0 Å². The number of ether oxygens (including phenoxy) is 1. The first kappa shape index (κ1) is 22.7. The van der Waals surface area contributed by atoms with Gasteiger partial charge in [-0.2, -0.15) is 5.26 Å². The minimum absolute atomic E-state index is 0.182. The molecule has 2 rings (SSSR count). The average molecular weight is 376 g/mol. The number of hydrogen-bond donors (Lipinski definition) is 0. The van der Waals surface area contributed by atoms with Crippen molar-refractivity contribution in [3.05, 3.63) is 0 Å².